The van der Waals surface area contributed by atoms with Crippen molar-refractivity contribution in [2.75, 3.05) is 20.1 Å². The van der Waals surface area contributed by atoms with E-state index in [1.54, 1.807) is 24.0 Å². The van der Waals surface area contributed by atoms with Gasteiger partial charge in [-0.15, -0.1) is 0 Å². The van der Waals surface area contributed by atoms with E-state index >= 15 is 0 Å². The third-order valence-corrected chi connectivity index (χ3v) is 5.63. The van der Waals surface area contributed by atoms with E-state index in [-0.39, 0.29) is 41.0 Å². The Labute approximate surface area is 184 Å². The van der Waals surface area contributed by atoms with Crippen LogP contribution in [0.2, 0.25) is 0 Å². The van der Waals surface area contributed by atoms with Gasteiger partial charge >= 0.3 is 0 Å². The molecule has 1 aromatic heterocycles. The van der Waals surface area contributed by atoms with Crippen molar-refractivity contribution in [1.82, 2.24) is 25.7 Å². The van der Waals surface area contributed by atoms with Gasteiger partial charge in [-0.2, -0.15) is 5.10 Å². The molecular formula is C23H25N5O4. The summed E-state index contributed by atoms with van der Waals surface area (Å²) in [5.41, 5.74) is 3.26. The van der Waals surface area contributed by atoms with Gasteiger partial charge in [-0.3, -0.25) is 19.5 Å². The Kier molecular flexibility index (Phi) is 5.91. The van der Waals surface area contributed by atoms with E-state index in [0.29, 0.717) is 42.6 Å². The Morgan fingerprint density at radius 3 is 2.66 bits per heavy atom. The van der Waals surface area contributed by atoms with E-state index in [2.05, 4.69) is 20.8 Å². The summed E-state index contributed by atoms with van der Waals surface area (Å²) in [4.78, 5) is 39.3. The SMILES string of the molecule is CCC(=O)c1n[nH]c2cc(O)c(C(=O)N3Cc4ccc(C(=O)NCCNC)cc4C3)cc12. The number of carbonyl (C=O) groups is 3. The molecule has 0 saturated carbocycles. The number of amides is 2. The molecule has 1 aliphatic heterocycles. The number of H-pyrrole nitrogens is 1. The number of rotatable bonds is 7. The number of fused-ring (bicyclic) bond motifs is 2. The highest BCUT2D eigenvalue weighted by Gasteiger charge is 2.28. The van der Waals surface area contributed by atoms with Crippen molar-refractivity contribution in [2.45, 2.75) is 26.4 Å². The second kappa shape index (κ2) is 8.80. The fourth-order valence-corrected chi connectivity index (χ4v) is 3.86. The van der Waals surface area contributed by atoms with Crippen LogP contribution >= 0.6 is 0 Å². The molecule has 0 atom stereocenters. The van der Waals surface area contributed by atoms with Gasteiger partial charge in [-0.1, -0.05) is 13.0 Å². The lowest BCUT2D eigenvalue weighted by Crippen LogP contribution is -2.30. The highest BCUT2D eigenvalue weighted by Crippen LogP contribution is 2.31. The van der Waals surface area contributed by atoms with E-state index in [1.807, 2.05) is 13.1 Å². The number of aromatic amines is 1. The molecule has 2 heterocycles. The first kappa shape index (κ1) is 21.5. The van der Waals surface area contributed by atoms with Gasteiger partial charge in [0.15, 0.2) is 5.78 Å². The Balaban J connectivity index is 1.56. The first-order valence-corrected chi connectivity index (χ1v) is 10.5. The van der Waals surface area contributed by atoms with Gasteiger partial charge < -0.3 is 20.6 Å². The quantitative estimate of drug-likeness (QED) is 0.332. The molecule has 2 amide bonds. The summed E-state index contributed by atoms with van der Waals surface area (Å²) >= 11 is 0. The number of ketones is 1. The first-order valence-electron chi connectivity index (χ1n) is 10.5. The predicted molar refractivity (Wildman–Crippen MR) is 119 cm³/mol. The number of hydrogen-bond donors (Lipinski definition) is 4. The monoisotopic (exact) mass is 435 g/mol. The maximum Gasteiger partial charge on any atom is 0.258 e. The molecule has 0 aliphatic carbocycles. The smallest absolute Gasteiger partial charge is 0.258 e. The van der Waals surface area contributed by atoms with Crippen LogP contribution in [0.4, 0.5) is 0 Å². The van der Waals surface area contributed by atoms with Crippen LogP contribution in [0.25, 0.3) is 10.9 Å². The zero-order valence-corrected chi connectivity index (χ0v) is 18.0. The summed E-state index contributed by atoms with van der Waals surface area (Å²) in [6.07, 6.45) is 0.288. The molecule has 9 nitrogen and oxygen atoms in total. The van der Waals surface area contributed by atoms with Crippen LogP contribution in [0.1, 0.15) is 55.7 Å². The van der Waals surface area contributed by atoms with Crippen LogP contribution in [-0.4, -0.2) is 57.9 Å². The van der Waals surface area contributed by atoms with Crippen molar-refractivity contribution in [1.29, 1.82) is 0 Å². The summed E-state index contributed by atoms with van der Waals surface area (Å²) in [7, 11) is 1.82. The van der Waals surface area contributed by atoms with E-state index in [9.17, 15) is 19.5 Å². The minimum absolute atomic E-state index is 0.113. The molecular weight excluding hydrogens is 410 g/mol. The molecule has 0 fully saturated rings. The van der Waals surface area contributed by atoms with E-state index in [1.165, 1.54) is 12.1 Å². The molecule has 166 valence electrons. The normalized spacial score (nSPS) is 12.8. The molecule has 3 aromatic rings. The molecule has 0 saturated heterocycles. The lowest BCUT2D eigenvalue weighted by molar-refractivity contribution is 0.0748. The standard InChI is InChI=1S/C23H25N5O4/c1-3-19(29)21-16-9-17(20(30)10-18(16)26-27-21)23(32)28-11-14-5-4-13(8-15(14)12-28)22(31)25-7-6-24-2/h4-5,8-10,24,30H,3,6-7,11-12H2,1-2H3,(H,25,31)(H,26,27). The maximum atomic E-state index is 13.2. The summed E-state index contributed by atoms with van der Waals surface area (Å²) in [5, 5.41) is 23.5. The van der Waals surface area contributed by atoms with E-state index < -0.39 is 0 Å². The van der Waals surface area contributed by atoms with E-state index in [0.717, 1.165) is 11.1 Å². The number of likely N-dealkylation sites (N-methyl/N-ethyl adjacent to an activating group) is 1. The lowest BCUT2D eigenvalue weighted by atomic mass is 10.1. The van der Waals surface area contributed by atoms with Crippen LogP contribution in [0.3, 0.4) is 0 Å². The number of aromatic nitrogens is 2. The highest BCUT2D eigenvalue weighted by atomic mass is 16.3. The van der Waals surface area contributed by atoms with Crippen LogP contribution in [-0.2, 0) is 13.1 Å². The zero-order valence-electron chi connectivity index (χ0n) is 18.0. The third kappa shape index (κ3) is 3.94. The van der Waals surface area contributed by atoms with Crippen LogP contribution < -0.4 is 10.6 Å². The number of phenolic OH excluding ortho intramolecular Hbond substituents is 1. The number of phenols is 1. The van der Waals surface area contributed by atoms with Crippen molar-refractivity contribution in [2.24, 2.45) is 0 Å². The minimum Gasteiger partial charge on any atom is -0.507 e. The number of aromatic hydroxyl groups is 1. The number of hydrogen-bond acceptors (Lipinski definition) is 6. The molecule has 4 N–H and O–H groups in total. The Morgan fingerprint density at radius 1 is 1.12 bits per heavy atom. The Hall–Kier alpha value is -3.72. The lowest BCUT2D eigenvalue weighted by Gasteiger charge is -2.16. The average molecular weight is 435 g/mol. The number of carbonyl (C=O) groups excluding carboxylic acids is 3. The summed E-state index contributed by atoms with van der Waals surface area (Å²) in [6.45, 7) is 3.64. The summed E-state index contributed by atoms with van der Waals surface area (Å²) in [6, 6.07) is 8.34. The fourth-order valence-electron chi connectivity index (χ4n) is 3.86. The molecule has 32 heavy (non-hydrogen) atoms. The number of nitrogens with one attached hydrogen (secondary N) is 3. The molecule has 1 aliphatic rings. The van der Waals surface area contributed by atoms with Crippen molar-refractivity contribution in [3.05, 3.63) is 58.3 Å². The van der Waals surface area contributed by atoms with Crippen LogP contribution in [0.15, 0.2) is 30.3 Å². The maximum absolute atomic E-state index is 13.2. The number of benzene rings is 2. The molecule has 0 bridgehead atoms. The third-order valence-electron chi connectivity index (χ3n) is 5.63. The topological polar surface area (TPSA) is 127 Å². The number of Topliss-reactive ketones (excluding diaryl/α,β-unsaturated/α-hetero) is 1. The van der Waals surface area contributed by atoms with Crippen LogP contribution in [0, 0.1) is 0 Å². The summed E-state index contributed by atoms with van der Waals surface area (Å²) < 4.78 is 0. The molecule has 9 heteroatoms. The fraction of sp³-hybridized carbons (Fsp3) is 0.304. The van der Waals surface area contributed by atoms with Gasteiger partial charge in [0.1, 0.15) is 11.4 Å². The van der Waals surface area contributed by atoms with Gasteiger partial charge in [0.05, 0.1) is 11.1 Å². The van der Waals surface area contributed by atoms with E-state index in [4.69, 9.17) is 0 Å². The zero-order chi connectivity index (χ0) is 22.8. The van der Waals surface area contributed by atoms with Gasteiger partial charge in [-0.05, 0) is 36.4 Å². The average Bonchev–Trinajstić information content (AvgIpc) is 3.40. The first-order chi connectivity index (χ1) is 15.4. The minimum atomic E-state index is -0.350. The molecule has 0 unspecified atom stereocenters. The van der Waals surface area contributed by atoms with Crippen LogP contribution in [0.5, 0.6) is 5.75 Å². The second-order valence-electron chi connectivity index (χ2n) is 7.77. The summed E-state index contributed by atoms with van der Waals surface area (Å²) in [5.74, 6) is -0.836. The van der Waals surface area contributed by atoms with Crippen molar-refractivity contribution in [3.8, 4) is 5.75 Å². The molecule has 2 aromatic carbocycles. The van der Waals surface area contributed by atoms with Gasteiger partial charge in [-0.25, -0.2) is 0 Å². The van der Waals surface area contributed by atoms with Crippen molar-refractivity contribution in [3.63, 3.8) is 0 Å². The molecule has 4 rings (SSSR count). The van der Waals surface area contributed by atoms with Gasteiger partial charge in [0.2, 0.25) is 0 Å². The molecule has 0 spiro atoms. The van der Waals surface area contributed by atoms with Crippen molar-refractivity contribution >= 4 is 28.5 Å². The second-order valence-corrected chi connectivity index (χ2v) is 7.77. The predicted octanol–water partition coefficient (Wildman–Crippen LogP) is 1.97. The highest BCUT2D eigenvalue weighted by molar-refractivity contribution is 6.09. The molecule has 0 radical (unpaired) electrons. The Morgan fingerprint density at radius 2 is 1.91 bits per heavy atom. The van der Waals surface area contributed by atoms with Gasteiger partial charge in [0, 0.05) is 49.6 Å². The Bertz CT molecular complexity index is 1220. The number of nitrogens with zero attached hydrogens (tertiary/aromatic N) is 2. The largest absolute Gasteiger partial charge is 0.507 e. The van der Waals surface area contributed by atoms with Crippen molar-refractivity contribution < 1.29 is 19.5 Å². The van der Waals surface area contributed by atoms with Gasteiger partial charge in [0.25, 0.3) is 11.8 Å².